The van der Waals surface area contributed by atoms with Gasteiger partial charge < -0.3 is 34.9 Å². The zero-order valence-corrected chi connectivity index (χ0v) is 30.3. The molecule has 1 saturated carbocycles. The first-order valence-corrected chi connectivity index (χ1v) is 17.1. The molecule has 1 aliphatic carbocycles. The van der Waals surface area contributed by atoms with E-state index in [9.17, 15) is 24.3 Å². The van der Waals surface area contributed by atoms with Gasteiger partial charge in [-0.3, -0.25) is 9.59 Å². The van der Waals surface area contributed by atoms with Crippen molar-refractivity contribution in [1.29, 1.82) is 0 Å². The number of pyridine rings is 1. The van der Waals surface area contributed by atoms with Crippen LogP contribution in [0.4, 0.5) is 4.79 Å². The second-order valence-electron chi connectivity index (χ2n) is 15.3. The fourth-order valence-corrected chi connectivity index (χ4v) is 6.65. The quantitative estimate of drug-likeness (QED) is 0.225. The van der Waals surface area contributed by atoms with E-state index in [2.05, 4.69) is 17.2 Å². The Bertz CT molecular complexity index is 1820. The minimum atomic E-state index is -1.53. The number of aliphatic carboxylic acids is 1. The number of carboxylic acids is 1. The van der Waals surface area contributed by atoms with Crippen LogP contribution in [-0.2, 0) is 19.1 Å². The zero-order valence-electron chi connectivity index (χ0n) is 30.3. The van der Waals surface area contributed by atoms with Gasteiger partial charge in [0, 0.05) is 35.4 Å². The summed E-state index contributed by atoms with van der Waals surface area (Å²) in [6, 6.07) is 14.7. The molecule has 1 aromatic heterocycles. The van der Waals surface area contributed by atoms with E-state index >= 15 is 0 Å². The van der Waals surface area contributed by atoms with Crippen molar-refractivity contribution >= 4 is 34.8 Å². The van der Waals surface area contributed by atoms with Crippen molar-refractivity contribution < 1.29 is 38.5 Å². The average molecular weight is 701 g/mol. The van der Waals surface area contributed by atoms with Gasteiger partial charge in [0.2, 0.25) is 11.8 Å². The standard InChI is InChI=1S/C39H48N4O8/c1-9-24-17-18-39(24,35(46)47)42-33(44)30-20-26(22-43(30)34(45)32(37(2,3)4)41-36(48)51-38(5,6)7)50-31-21-28(23-13-11-10-12-14-23)40-29-19-25(49-8)15-16-27(29)31/h9-16,19,21,24,26,30,32H,1,17-18,20,22H2,2-8H3,(H,41,48)(H,42,44)(H,46,47)/t24?,26?,30-,32+,39?/m0/s1. The Morgan fingerprint density at radius 3 is 2.33 bits per heavy atom. The van der Waals surface area contributed by atoms with Crippen LogP contribution < -0.4 is 20.1 Å². The lowest BCUT2D eigenvalue weighted by molar-refractivity contribution is -0.156. The molecule has 5 atom stereocenters. The van der Waals surface area contributed by atoms with Crippen molar-refractivity contribution in [1.82, 2.24) is 20.5 Å². The second kappa shape index (κ2) is 14.2. The van der Waals surface area contributed by atoms with Crippen LogP contribution in [0.2, 0.25) is 0 Å². The van der Waals surface area contributed by atoms with Crippen LogP contribution in [0.25, 0.3) is 22.2 Å². The molecule has 3 unspecified atom stereocenters. The third-order valence-corrected chi connectivity index (χ3v) is 9.46. The van der Waals surface area contributed by atoms with Crippen LogP contribution >= 0.6 is 0 Å². The first kappa shape index (κ1) is 37.1. The number of carboxylic acid groups (broad SMARTS) is 1. The third-order valence-electron chi connectivity index (χ3n) is 9.46. The lowest BCUT2D eigenvalue weighted by Gasteiger charge is -2.46. The number of ether oxygens (including phenoxy) is 3. The van der Waals surface area contributed by atoms with Crippen LogP contribution in [0, 0.1) is 11.3 Å². The summed E-state index contributed by atoms with van der Waals surface area (Å²) < 4.78 is 17.6. The van der Waals surface area contributed by atoms with Crippen molar-refractivity contribution in [2.45, 2.75) is 90.1 Å². The van der Waals surface area contributed by atoms with Crippen LogP contribution in [0.3, 0.4) is 0 Å². The van der Waals surface area contributed by atoms with Crippen molar-refractivity contribution in [3.05, 3.63) is 67.3 Å². The molecule has 51 heavy (non-hydrogen) atoms. The molecular formula is C39H48N4O8. The molecule has 1 aliphatic heterocycles. The first-order chi connectivity index (χ1) is 24.0. The van der Waals surface area contributed by atoms with E-state index in [0.29, 0.717) is 34.5 Å². The fourth-order valence-electron chi connectivity index (χ4n) is 6.65. The van der Waals surface area contributed by atoms with E-state index in [0.717, 1.165) is 5.56 Å². The highest BCUT2D eigenvalue weighted by Gasteiger charge is 2.55. The van der Waals surface area contributed by atoms with E-state index in [1.807, 2.05) is 48.5 Å². The van der Waals surface area contributed by atoms with Gasteiger partial charge in [0.1, 0.15) is 40.8 Å². The van der Waals surface area contributed by atoms with Crippen molar-refractivity contribution in [2.75, 3.05) is 13.7 Å². The number of carbonyl (C=O) groups excluding carboxylic acids is 3. The van der Waals surface area contributed by atoms with Gasteiger partial charge in [0.15, 0.2) is 0 Å². The molecule has 272 valence electrons. The maximum atomic E-state index is 14.5. The highest BCUT2D eigenvalue weighted by Crippen LogP contribution is 2.41. The number of benzene rings is 2. The number of rotatable bonds is 10. The monoisotopic (exact) mass is 700 g/mol. The molecule has 0 radical (unpaired) electrons. The topological polar surface area (TPSA) is 156 Å². The maximum absolute atomic E-state index is 14.5. The summed E-state index contributed by atoms with van der Waals surface area (Å²) in [6.07, 6.45) is 0.936. The maximum Gasteiger partial charge on any atom is 0.408 e. The number of carbonyl (C=O) groups is 4. The van der Waals surface area contributed by atoms with Crippen LogP contribution in [-0.4, -0.2) is 81.8 Å². The summed E-state index contributed by atoms with van der Waals surface area (Å²) >= 11 is 0. The number of aromatic nitrogens is 1. The molecule has 0 spiro atoms. The number of alkyl carbamates (subject to hydrolysis) is 1. The Labute approximate surface area is 298 Å². The third kappa shape index (κ3) is 7.95. The molecule has 3 N–H and O–H groups in total. The van der Waals surface area contributed by atoms with Gasteiger partial charge in [0.05, 0.1) is 24.9 Å². The number of hydrogen-bond acceptors (Lipinski definition) is 8. The van der Waals surface area contributed by atoms with Crippen LogP contribution in [0.1, 0.15) is 60.8 Å². The number of nitrogens with one attached hydrogen (secondary N) is 2. The summed E-state index contributed by atoms with van der Waals surface area (Å²) in [5.41, 5.74) is -0.978. The Hall–Kier alpha value is -5.13. The normalized spacial score (nSPS) is 22.3. The number of fused-ring (bicyclic) bond motifs is 1. The molecule has 2 heterocycles. The van der Waals surface area contributed by atoms with Gasteiger partial charge in [-0.05, 0) is 51.2 Å². The Kier molecular flexibility index (Phi) is 10.4. The number of amides is 3. The highest BCUT2D eigenvalue weighted by atomic mass is 16.6. The van der Waals surface area contributed by atoms with Gasteiger partial charge in [0.25, 0.3) is 0 Å². The number of methoxy groups -OCH3 is 1. The van der Waals surface area contributed by atoms with Gasteiger partial charge in [-0.15, -0.1) is 6.58 Å². The van der Waals surface area contributed by atoms with E-state index < -0.39 is 64.5 Å². The Balaban J connectivity index is 1.52. The summed E-state index contributed by atoms with van der Waals surface area (Å²) in [6.45, 7) is 14.3. The number of nitrogens with zero attached hydrogens (tertiary/aromatic N) is 2. The summed E-state index contributed by atoms with van der Waals surface area (Å²) in [5, 5.41) is 16.4. The molecule has 2 aromatic carbocycles. The van der Waals surface area contributed by atoms with Gasteiger partial charge in [-0.1, -0.05) is 57.2 Å². The molecule has 1 saturated heterocycles. The minimum absolute atomic E-state index is 0.00883. The molecule has 0 bridgehead atoms. The zero-order chi connectivity index (χ0) is 37.3. The number of hydrogen-bond donors (Lipinski definition) is 3. The molecular weight excluding hydrogens is 652 g/mol. The minimum Gasteiger partial charge on any atom is -0.497 e. The average Bonchev–Trinajstić information content (AvgIpc) is 3.48. The van der Waals surface area contributed by atoms with Gasteiger partial charge >= 0.3 is 12.1 Å². The van der Waals surface area contributed by atoms with Crippen LogP contribution in [0.15, 0.2) is 67.3 Å². The molecule has 2 aliphatic rings. The SMILES string of the molecule is C=CC1CCC1(NC(=O)[C@@H]1CC(Oc2cc(-c3ccccc3)nc3cc(OC)ccc23)CN1C(=O)[C@@H](NC(=O)OC(C)(C)C)C(C)(C)C)C(=O)O. The van der Waals surface area contributed by atoms with Crippen molar-refractivity contribution in [3.63, 3.8) is 0 Å². The molecule has 5 rings (SSSR count). The van der Waals surface area contributed by atoms with E-state index in [-0.39, 0.29) is 19.4 Å². The van der Waals surface area contributed by atoms with E-state index in [4.69, 9.17) is 19.2 Å². The predicted molar refractivity (Wildman–Crippen MR) is 192 cm³/mol. The highest BCUT2D eigenvalue weighted by molar-refractivity contribution is 5.95. The second-order valence-corrected chi connectivity index (χ2v) is 15.3. The number of likely N-dealkylation sites (tertiary alicyclic amines) is 1. The first-order valence-electron chi connectivity index (χ1n) is 17.1. The van der Waals surface area contributed by atoms with Gasteiger partial charge in [-0.25, -0.2) is 14.6 Å². The lowest BCUT2D eigenvalue weighted by Crippen LogP contribution is -2.67. The van der Waals surface area contributed by atoms with Crippen molar-refractivity contribution in [2.24, 2.45) is 11.3 Å². The molecule has 2 fully saturated rings. The van der Waals surface area contributed by atoms with Gasteiger partial charge in [-0.2, -0.15) is 0 Å². The molecule has 3 aromatic rings. The molecule has 12 heteroatoms. The Morgan fingerprint density at radius 1 is 1.06 bits per heavy atom. The summed E-state index contributed by atoms with van der Waals surface area (Å²) in [4.78, 5) is 60.3. The summed E-state index contributed by atoms with van der Waals surface area (Å²) in [5.74, 6) is -1.67. The summed E-state index contributed by atoms with van der Waals surface area (Å²) in [7, 11) is 1.58. The lowest BCUT2D eigenvalue weighted by atomic mass is 9.66. The fraction of sp³-hybridized carbons (Fsp3) is 0.462. The largest absolute Gasteiger partial charge is 0.497 e. The Morgan fingerprint density at radius 2 is 1.76 bits per heavy atom. The smallest absolute Gasteiger partial charge is 0.408 e. The molecule has 3 amide bonds. The van der Waals surface area contributed by atoms with E-state index in [1.165, 1.54) is 11.0 Å². The predicted octanol–water partition coefficient (Wildman–Crippen LogP) is 5.73. The van der Waals surface area contributed by atoms with Crippen molar-refractivity contribution in [3.8, 4) is 22.8 Å². The van der Waals surface area contributed by atoms with E-state index in [1.54, 1.807) is 54.7 Å². The molecule has 12 nitrogen and oxygen atoms in total. The van der Waals surface area contributed by atoms with Crippen LogP contribution in [0.5, 0.6) is 11.5 Å².